The zero-order chi connectivity index (χ0) is 42.4. The van der Waals surface area contributed by atoms with Gasteiger partial charge in [0.2, 0.25) is 0 Å². The second-order valence-corrected chi connectivity index (χ2v) is 16.4. The molecule has 64 heavy (non-hydrogen) atoms. The van der Waals surface area contributed by atoms with Crippen molar-refractivity contribution in [2.45, 2.75) is 0 Å². The van der Waals surface area contributed by atoms with E-state index in [2.05, 4.69) is 254 Å². The van der Waals surface area contributed by atoms with E-state index >= 15 is 0 Å². The van der Waals surface area contributed by atoms with Crippen LogP contribution in [0.3, 0.4) is 0 Å². The van der Waals surface area contributed by atoms with Crippen LogP contribution >= 0.6 is 0 Å². The summed E-state index contributed by atoms with van der Waals surface area (Å²) in [5.41, 5.74) is 16.6. The highest BCUT2D eigenvalue weighted by Gasteiger charge is 2.23. The van der Waals surface area contributed by atoms with E-state index in [-0.39, 0.29) is 0 Å². The lowest BCUT2D eigenvalue weighted by atomic mass is 9.89. The molecule has 0 unspecified atom stereocenters. The van der Waals surface area contributed by atoms with Crippen LogP contribution in [0.5, 0.6) is 0 Å². The fourth-order valence-electron chi connectivity index (χ4n) is 9.62. The highest BCUT2D eigenvalue weighted by molar-refractivity contribution is 6.18. The van der Waals surface area contributed by atoms with Crippen LogP contribution in [-0.4, -0.2) is 0 Å². The number of fused-ring (bicyclic) bond motifs is 5. The second kappa shape index (κ2) is 15.8. The third kappa shape index (κ3) is 6.52. The number of rotatable bonds is 8. The van der Waals surface area contributed by atoms with Crippen LogP contribution < -0.4 is 4.90 Å². The quantitative estimate of drug-likeness (QED) is 0.152. The van der Waals surface area contributed by atoms with Crippen molar-refractivity contribution in [3.05, 3.63) is 249 Å². The number of anilines is 3. The molecule has 0 aliphatic carbocycles. The highest BCUT2D eigenvalue weighted by Crippen LogP contribution is 2.48. The minimum atomic E-state index is 0.862. The first-order valence-corrected chi connectivity index (χ1v) is 21.9. The molecule has 2 heteroatoms. The Labute approximate surface area is 372 Å². The maximum absolute atomic E-state index is 6.91. The molecule has 0 saturated heterocycles. The van der Waals surface area contributed by atoms with E-state index in [1.807, 2.05) is 0 Å². The number of benzene rings is 11. The minimum absolute atomic E-state index is 0.862. The second-order valence-electron chi connectivity index (χ2n) is 16.4. The van der Waals surface area contributed by atoms with Gasteiger partial charge in [0.25, 0.3) is 0 Å². The van der Waals surface area contributed by atoms with Gasteiger partial charge in [0.15, 0.2) is 0 Å². The predicted molar refractivity (Wildman–Crippen MR) is 271 cm³/mol. The Kier molecular flexibility index (Phi) is 9.20. The molecule has 0 saturated carbocycles. The third-order valence-corrected chi connectivity index (χ3v) is 12.7. The molecular formula is C62H41NO. The van der Waals surface area contributed by atoms with Crippen LogP contribution in [0.15, 0.2) is 253 Å². The van der Waals surface area contributed by atoms with Crippen molar-refractivity contribution in [2.24, 2.45) is 0 Å². The molecule has 0 bridgehead atoms. The van der Waals surface area contributed by atoms with Gasteiger partial charge in [-0.05, 0) is 120 Å². The Morgan fingerprint density at radius 2 is 0.797 bits per heavy atom. The summed E-state index contributed by atoms with van der Waals surface area (Å²) in [7, 11) is 0. The van der Waals surface area contributed by atoms with E-state index in [0.29, 0.717) is 0 Å². The summed E-state index contributed by atoms with van der Waals surface area (Å²) in [5.74, 6) is 0. The normalized spacial score (nSPS) is 11.4. The van der Waals surface area contributed by atoms with Crippen LogP contribution in [0.25, 0.3) is 99.1 Å². The first-order valence-electron chi connectivity index (χ1n) is 21.9. The molecular weight excluding hydrogens is 775 g/mol. The number of para-hydroxylation sites is 1. The van der Waals surface area contributed by atoms with Gasteiger partial charge >= 0.3 is 0 Å². The molecule has 0 atom stereocenters. The summed E-state index contributed by atoms with van der Waals surface area (Å²) in [6.45, 7) is 0. The van der Waals surface area contributed by atoms with E-state index < -0.39 is 0 Å². The lowest BCUT2D eigenvalue weighted by molar-refractivity contribution is 0.670. The summed E-state index contributed by atoms with van der Waals surface area (Å²) < 4.78 is 6.91. The summed E-state index contributed by atoms with van der Waals surface area (Å²) in [5, 5.41) is 7.02. The molecule has 300 valence electrons. The van der Waals surface area contributed by atoms with Crippen LogP contribution in [0.2, 0.25) is 0 Å². The molecule has 0 radical (unpaired) electrons. The van der Waals surface area contributed by atoms with Gasteiger partial charge < -0.3 is 9.32 Å². The lowest BCUT2D eigenvalue weighted by Gasteiger charge is -2.27. The van der Waals surface area contributed by atoms with E-state index in [4.69, 9.17) is 4.42 Å². The van der Waals surface area contributed by atoms with Gasteiger partial charge in [-0.2, -0.15) is 0 Å². The minimum Gasteiger partial charge on any atom is -0.455 e. The first-order chi connectivity index (χ1) is 31.7. The summed E-state index contributed by atoms with van der Waals surface area (Å²) in [4.78, 5) is 2.39. The van der Waals surface area contributed by atoms with Crippen molar-refractivity contribution in [1.29, 1.82) is 0 Å². The zero-order valence-electron chi connectivity index (χ0n) is 35.0. The van der Waals surface area contributed by atoms with Gasteiger partial charge in [0, 0.05) is 22.3 Å². The Morgan fingerprint density at radius 3 is 1.52 bits per heavy atom. The molecule has 1 heterocycles. The first kappa shape index (κ1) is 37.3. The maximum Gasteiger partial charge on any atom is 0.145 e. The summed E-state index contributed by atoms with van der Waals surface area (Å²) >= 11 is 0. The van der Waals surface area contributed by atoms with Crippen LogP contribution in [0, 0.1) is 0 Å². The molecule has 0 fully saturated rings. The fraction of sp³-hybridized carbons (Fsp3) is 0. The molecule has 11 aromatic carbocycles. The standard InChI is InChI=1S/C62H41NO/c1-2-16-44(17-3-1)51-22-8-10-24-54(51)55-25-11-9-23-53(55)46-33-37-50(38-34-46)63(49-35-31-43(32-36-49)48-30-29-42-15-4-5-19-47(42)41-48)59-40-39-57(56-27-14-20-45-18-6-7-21-52(45)56)62-61(59)58-26-12-13-28-60(58)64-62/h1-41H. The van der Waals surface area contributed by atoms with Crippen molar-refractivity contribution in [1.82, 2.24) is 0 Å². The van der Waals surface area contributed by atoms with Crippen molar-refractivity contribution in [3.8, 4) is 55.6 Å². The van der Waals surface area contributed by atoms with Gasteiger partial charge in [-0.3, -0.25) is 0 Å². The number of furan rings is 1. The number of hydrogen-bond donors (Lipinski definition) is 0. The third-order valence-electron chi connectivity index (χ3n) is 12.7. The average molecular weight is 816 g/mol. The Hall–Kier alpha value is -8.46. The molecule has 0 N–H and O–H groups in total. The molecule has 0 aliphatic rings. The monoisotopic (exact) mass is 815 g/mol. The fourth-order valence-corrected chi connectivity index (χ4v) is 9.62. The molecule has 2 nitrogen and oxygen atoms in total. The van der Waals surface area contributed by atoms with Crippen molar-refractivity contribution < 1.29 is 4.42 Å². The highest BCUT2D eigenvalue weighted by atomic mass is 16.3. The predicted octanol–water partition coefficient (Wildman–Crippen LogP) is 17.7. The van der Waals surface area contributed by atoms with Crippen LogP contribution in [0.4, 0.5) is 17.1 Å². The zero-order valence-corrected chi connectivity index (χ0v) is 35.0. The molecule has 12 rings (SSSR count). The van der Waals surface area contributed by atoms with Gasteiger partial charge in [-0.25, -0.2) is 0 Å². The Balaban J connectivity index is 1.03. The van der Waals surface area contributed by atoms with Crippen molar-refractivity contribution in [2.75, 3.05) is 4.90 Å². The topological polar surface area (TPSA) is 16.4 Å². The van der Waals surface area contributed by atoms with Crippen molar-refractivity contribution >= 4 is 60.5 Å². The van der Waals surface area contributed by atoms with Gasteiger partial charge in [-0.15, -0.1) is 0 Å². The number of hydrogen-bond acceptors (Lipinski definition) is 2. The smallest absolute Gasteiger partial charge is 0.145 e. The molecule has 1 aromatic heterocycles. The summed E-state index contributed by atoms with van der Waals surface area (Å²) in [6, 6.07) is 89.5. The Bertz CT molecular complexity index is 3650. The van der Waals surface area contributed by atoms with E-state index in [0.717, 1.165) is 55.7 Å². The molecule has 0 aliphatic heterocycles. The maximum atomic E-state index is 6.91. The van der Waals surface area contributed by atoms with Crippen molar-refractivity contribution in [3.63, 3.8) is 0 Å². The Morgan fingerprint density at radius 1 is 0.281 bits per heavy atom. The van der Waals surface area contributed by atoms with Gasteiger partial charge in [0.05, 0.1) is 11.1 Å². The average Bonchev–Trinajstić information content (AvgIpc) is 3.77. The van der Waals surface area contributed by atoms with E-state index in [1.165, 1.54) is 60.5 Å². The van der Waals surface area contributed by atoms with Crippen LogP contribution in [0.1, 0.15) is 0 Å². The largest absolute Gasteiger partial charge is 0.455 e. The van der Waals surface area contributed by atoms with E-state index in [1.54, 1.807) is 0 Å². The van der Waals surface area contributed by atoms with Gasteiger partial charge in [0.1, 0.15) is 11.2 Å². The molecule has 12 aromatic rings. The summed E-state index contributed by atoms with van der Waals surface area (Å²) in [6.07, 6.45) is 0. The van der Waals surface area contributed by atoms with Crippen LogP contribution in [-0.2, 0) is 0 Å². The lowest BCUT2D eigenvalue weighted by Crippen LogP contribution is -2.10. The van der Waals surface area contributed by atoms with Gasteiger partial charge in [-0.1, -0.05) is 200 Å². The SMILES string of the molecule is c1ccc(-c2ccccc2-c2ccccc2-c2ccc(N(c3ccc(-c4ccc5ccccc5c4)cc3)c3ccc(-c4cccc5ccccc45)c4oc5ccccc5c34)cc2)cc1. The molecule has 0 amide bonds. The molecule has 0 spiro atoms. The number of nitrogens with zero attached hydrogens (tertiary/aromatic N) is 1. The van der Waals surface area contributed by atoms with E-state index in [9.17, 15) is 0 Å².